The van der Waals surface area contributed by atoms with E-state index >= 15 is 0 Å². The van der Waals surface area contributed by atoms with E-state index in [2.05, 4.69) is 19.7 Å². The predicted molar refractivity (Wildman–Crippen MR) is 132 cm³/mol. The fourth-order valence-corrected chi connectivity index (χ4v) is 5.34. The highest BCUT2D eigenvalue weighted by Crippen LogP contribution is 2.37. The molecule has 4 rings (SSSR count). The van der Waals surface area contributed by atoms with Crippen LogP contribution in [0.4, 0.5) is 24.7 Å². The van der Waals surface area contributed by atoms with Gasteiger partial charge in [0.25, 0.3) is 5.88 Å². The van der Waals surface area contributed by atoms with Gasteiger partial charge in [-0.05, 0) is 37.5 Å². The second-order valence-electron chi connectivity index (χ2n) is 8.74. The Kier molecular flexibility index (Phi) is 7.68. The van der Waals surface area contributed by atoms with Gasteiger partial charge in [0, 0.05) is 25.2 Å². The number of benzene rings is 1. The molecule has 0 spiro atoms. The molecule has 3 aromatic rings. The largest absolute Gasteiger partial charge is 0.462 e. The van der Waals surface area contributed by atoms with Gasteiger partial charge in [0.05, 0.1) is 34.2 Å². The Morgan fingerprint density at radius 3 is 2.49 bits per heavy atom. The van der Waals surface area contributed by atoms with E-state index in [9.17, 15) is 21.6 Å². The Bertz CT molecular complexity index is 1400. The van der Waals surface area contributed by atoms with Gasteiger partial charge >= 0.3 is 6.18 Å². The normalized spacial score (nSPS) is 15.8. The van der Waals surface area contributed by atoms with Gasteiger partial charge in [-0.1, -0.05) is 19.1 Å². The zero-order chi connectivity index (χ0) is 26.6. The monoisotopic (exact) mass is 534 g/mol. The number of nitriles is 1. The first kappa shape index (κ1) is 26.4. The van der Waals surface area contributed by atoms with Gasteiger partial charge in [0.15, 0.2) is 6.10 Å². The minimum atomic E-state index is -4.73. The van der Waals surface area contributed by atoms with Crippen molar-refractivity contribution in [3.8, 4) is 11.9 Å². The van der Waals surface area contributed by atoms with Crippen LogP contribution in [-0.2, 0) is 10.0 Å². The molecule has 0 amide bonds. The lowest BCUT2D eigenvalue weighted by molar-refractivity contribution is -0.212. The number of hydrogen-bond donors (Lipinski definition) is 1. The molecule has 13 heteroatoms. The molecule has 1 N–H and O–H groups in total. The maximum atomic E-state index is 14.2. The quantitative estimate of drug-likeness (QED) is 0.455. The standard InChI is InChI=1S/C24H25F3N6O3S/c1-2-11-37(34,35)32-22-23(31-20-6-4-3-5-19(20)30-22)36-21(24(25,26)27)17-7-9-33(10-8-17)18-12-16(13-28)14-29-15-18/h3-6,12,14-15,17,21H,2,7-11H2,1H3,(H,30,32). The Labute approximate surface area is 212 Å². The first-order valence-corrected chi connectivity index (χ1v) is 13.4. The van der Waals surface area contributed by atoms with Crippen LogP contribution in [-0.4, -0.2) is 54.5 Å². The van der Waals surface area contributed by atoms with Gasteiger partial charge in [-0.25, -0.2) is 18.4 Å². The first-order valence-electron chi connectivity index (χ1n) is 11.7. The summed E-state index contributed by atoms with van der Waals surface area (Å²) in [5, 5.41) is 9.09. The first-order chi connectivity index (χ1) is 17.6. The van der Waals surface area contributed by atoms with Crippen LogP contribution < -0.4 is 14.4 Å². The van der Waals surface area contributed by atoms with E-state index in [1.54, 1.807) is 43.5 Å². The molecule has 0 radical (unpaired) electrons. The molecule has 1 saturated heterocycles. The second-order valence-corrected chi connectivity index (χ2v) is 10.6. The highest BCUT2D eigenvalue weighted by Gasteiger charge is 2.48. The molecule has 0 saturated carbocycles. The number of hydrogen-bond acceptors (Lipinski definition) is 8. The van der Waals surface area contributed by atoms with Crippen molar-refractivity contribution in [1.29, 1.82) is 5.26 Å². The minimum absolute atomic E-state index is 0.152. The third kappa shape index (κ3) is 6.37. The van der Waals surface area contributed by atoms with Gasteiger partial charge in [-0.3, -0.25) is 9.71 Å². The second kappa shape index (κ2) is 10.8. The number of sulfonamides is 1. The third-order valence-electron chi connectivity index (χ3n) is 6.01. The zero-order valence-corrected chi connectivity index (χ0v) is 20.8. The van der Waals surface area contributed by atoms with E-state index in [1.807, 2.05) is 11.0 Å². The van der Waals surface area contributed by atoms with Crippen molar-refractivity contribution in [2.75, 3.05) is 28.5 Å². The Morgan fingerprint density at radius 1 is 1.19 bits per heavy atom. The van der Waals surface area contributed by atoms with Crippen LogP contribution >= 0.6 is 0 Å². The van der Waals surface area contributed by atoms with Crippen LogP contribution in [0.25, 0.3) is 11.0 Å². The molecular formula is C24H25F3N6O3S. The van der Waals surface area contributed by atoms with E-state index in [-0.39, 0.29) is 29.9 Å². The molecule has 1 aliphatic heterocycles. The molecule has 2 aromatic heterocycles. The van der Waals surface area contributed by atoms with E-state index < -0.39 is 34.1 Å². The number of nitrogens with one attached hydrogen (secondary N) is 1. The summed E-state index contributed by atoms with van der Waals surface area (Å²) in [6.45, 7) is 2.27. The average Bonchev–Trinajstić information content (AvgIpc) is 2.86. The molecule has 196 valence electrons. The van der Waals surface area contributed by atoms with Crippen molar-refractivity contribution in [1.82, 2.24) is 15.0 Å². The van der Waals surface area contributed by atoms with Gasteiger partial charge < -0.3 is 9.64 Å². The van der Waals surface area contributed by atoms with Crippen LogP contribution in [0, 0.1) is 17.2 Å². The predicted octanol–water partition coefficient (Wildman–Crippen LogP) is 4.27. The van der Waals surface area contributed by atoms with Crippen LogP contribution in [0.3, 0.4) is 0 Å². The Morgan fingerprint density at radius 2 is 1.86 bits per heavy atom. The Hall–Kier alpha value is -3.66. The maximum Gasteiger partial charge on any atom is 0.425 e. The lowest BCUT2D eigenvalue weighted by atomic mass is 9.90. The summed E-state index contributed by atoms with van der Waals surface area (Å²) in [5.74, 6) is -2.03. The number of piperidine rings is 1. The van der Waals surface area contributed by atoms with Crippen molar-refractivity contribution >= 4 is 32.6 Å². The number of alkyl halides is 3. The fraction of sp³-hybridized carbons (Fsp3) is 0.417. The van der Waals surface area contributed by atoms with Gasteiger partial charge in [0.2, 0.25) is 15.8 Å². The number of fused-ring (bicyclic) bond motifs is 1. The molecule has 1 fully saturated rings. The van der Waals surface area contributed by atoms with Crippen molar-refractivity contribution in [2.24, 2.45) is 5.92 Å². The van der Waals surface area contributed by atoms with E-state index in [4.69, 9.17) is 10.00 Å². The minimum Gasteiger partial charge on any atom is -0.462 e. The van der Waals surface area contributed by atoms with Crippen LogP contribution in [0.1, 0.15) is 31.7 Å². The van der Waals surface area contributed by atoms with E-state index in [0.717, 1.165) is 0 Å². The highest BCUT2D eigenvalue weighted by atomic mass is 32.2. The molecule has 1 aromatic carbocycles. The number of ether oxygens (including phenoxy) is 1. The molecule has 1 unspecified atom stereocenters. The number of aromatic nitrogens is 3. The van der Waals surface area contributed by atoms with E-state index in [1.165, 1.54) is 6.20 Å². The summed E-state index contributed by atoms with van der Waals surface area (Å²) in [4.78, 5) is 14.3. The number of nitrogens with zero attached hydrogens (tertiary/aromatic N) is 5. The van der Waals surface area contributed by atoms with Crippen LogP contribution in [0.15, 0.2) is 42.7 Å². The topological polar surface area (TPSA) is 121 Å². The number of anilines is 2. The lowest BCUT2D eigenvalue weighted by Gasteiger charge is -2.37. The Balaban J connectivity index is 1.60. The number of pyridine rings is 1. The molecule has 3 heterocycles. The molecule has 1 aliphatic rings. The van der Waals surface area contributed by atoms with Crippen LogP contribution in [0.2, 0.25) is 0 Å². The van der Waals surface area contributed by atoms with Crippen molar-refractivity contribution in [3.05, 3.63) is 48.3 Å². The zero-order valence-electron chi connectivity index (χ0n) is 19.9. The maximum absolute atomic E-state index is 14.2. The van der Waals surface area contributed by atoms with Gasteiger partial charge in [-0.15, -0.1) is 0 Å². The summed E-state index contributed by atoms with van der Waals surface area (Å²) >= 11 is 0. The highest BCUT2D eigenvalue weighted by molar-refractivity contribution is 7.92. The average molecular weight is 535 g/mol. The molecule has 0 bridgehead atoms. The van der Waals surface area contributed by atoms with Gasteiger partial charge in [0.1, 0.15) is 6.07 Å². The number of halogens is 3. The summed E-state index contributed by atoms with van der Waals surface area (Å²) in [6, 6.07) is 10.1. The lowest BCUT2D eigenvalue weighted by Crippen LogP contribution is -2.46. The van der Waals surface area contributed by atoms with Gasteiger partial charge in [-0.2, -0.15) is 18.4 Å². The smallest absolute Gasteiger partial charge is 0.425 e. The van der Waals surface area contributed by atoms with Crippen molar-refractivity contribution in [3.63, 3.8) is 0 Å². The summed E-state index contributed by atoms with van der Waals surface area (Å²) in [5.41, 5.74) is 1.62. The van der Waals surface area contributed by atoms with Crippen LogP contribution in [0.5, 0.6) is 5.88 Å². The molecule has 9 nitrogen and oxygen atoms in total. The van der Waals surface area contributed by atoms with Crippen molar-refractivity contribution in [2.45, 2.75) is 38.5 Å². The summed E-state index contributed by atoms with van der Waals surface area (Å²) < 4.78 is 75.2. The number of rotatable bonds is 8. The molecule has 37 heavy (non-hydrogen) atoms. The SMILES string of the molecule is CCCS(=O)(=O)Nc1nc2ccccc2nc1OC(C1CCN(c2cncc(C#N)c2)CC1)C(F)(F)F. The molecule has 1 atom stereocenters. The third-order valence-corrected chi connectivity index (χ3v) is 7.46. The number of para-hydroxylation sites is 2. The fourth-order valence-electron chi connectivity index (χ4n) is 4.27. The summed E-state index contributed by atoms with van der Waals surface area (Å²) in [6.07, 6.45) is -3.36. The summed E-state index contributed by atoms with van der Waals surface area (Å²) in [7, 11) is -3.86. The van der Waals surface area contributed by atoms with E-state index in [0.29, 0.717) is 36.3 Å². The molecular weight excluding hydrogens is 509 g/mol. The van der Waals surface area contributed by atoms with Crippen molar-refractivity contribution < 1.29 is 26.3 Å². The molecule has 0 aliphatic carbocycles.